The molecule has 102 valence electrons. The first-order chi connectivity index (χ1) is 9.49. The molecule has 0 aliphatic heterocycles. The number of carboxylic acid groups (broad SMARTS) is 1. The summed E-state index contributed by atoms with van der Waals surface area (Å²) in [5.74, 6) is -2.42. The highest BCUT2D eigenvalue weighted by molar-refractivity contribution is 6.34. The topological polar surface area (TPSA) is 79.3 Å². The van der Waals surface area contributed by atoms with Gasteiger partial charge in [0.2, 0.25) is 0 Å². The van der Waals surface area contributed by atoms with Crippen LogP contribution in [0.5, 0.6) is 0 Å². The normalized spacial score (nSPS) is 10.1. The number of nitrogens with zero attached hydrogens (tertiary/aromatic N) is 1. The van der Waals surface area contributed by atoms with Gasteiger partial charge in [-0.25, -0.2) is 9.18 Å². The molecule has 1 amide bonds. The van der Waals surface area contributed by atoms with Crippen LogP contribution in [0.4, 0.5) is 10.1 Å². The van der Waals surface area contributed by atoms with E-state index >= 15 is 0 Å². The average Bonchev–Trinajstić information content (AvgIpc) is 2.38. The quantitative estimate of drug-likeness (QED) is 0.912. The predicted octanol–water partition coefficient (Wildman–Crippen LogP) is 2.82. The fraction of sp³-hybridized carbons (Fsp3) is 0. The third kappa shape index (κ3) is 2.92. The highest BCUT2D eigenvalue weighted by atomic mass is 35.5. The van der Waals surface area contributed by atoms with Crippen LogP contribution in [0.15, 0.2) is 36.7 Å². The second-order valence-corrected chi connectivity index (χ2v) is 4.21. The Hall–Kier alpha value is -2.47. The van der Waals surface area contributed by atoms with Gasteiger partial charge in [0.05, 0.1) is 28.0 Å². The van der Waals surface area contributed by atoms with E-state index in [1.807, 2.05) is 0 Å². The van der Waals surface area contributed by atoms with Crippen molar-refractivity contribution in [3.8, 4) is 0 Å². The van der Waals surface area contributed by atoms with Crippen LogP contribution in [0, 0.1) is 5.82 Å². The Morgan fingerprint density at radius 3 is 2.65 bits per heavy atom. The number of halogens is 2. The number of carbonyl (C=O) groups excluding carboxylic acids is 1. The highest BCUT2D eigenvalue weighted by Gasteiger charge is 2.15. The first-order valence-corrected chi connectivity index (χ1v) is 5.80. The molecule has 2 aromatic rings. The maximum atomic E-state index is 12.9. The van der Waals surface area contributed by atoms with Gasteiger partial charge in [-0.1, -0.05) is 11.6 Å². The summed E-state index contributed by atoms with van der Waals surface area (Å²) in [6.45, 7) is 0. The standard InChI is InChI=1S/C13H8ClFN2O3/c14-10-5-7(15)1-2-8(10)12(18)17-11-6-16-4-3-9(11)13(19)20/h1-6H,(H,17,18)(H,19,20). The molecule has 0 aliphatic carbocycles. The zero-order valence-electron chi connectivity index (χ0n) is 9.93. The molecule has 0 saturated carbocycles. The molecule has 5 nitrogen and oxygen atoms in total. The summed E-state index contributed by atoms with van der Waals surface area (Å²) in [6.07, 6.45) is 2.50. The number of hydrogen-bond donors (Lipinski definition) is 2. The second-order valence-electron chi connectivity index (χ2n) is 3.80. The maximum Gasteiger partial charge on any atom is 0.337 e. The Kier molecular flexibility index (Phi) is 3.95. The third-order valence-corrected chi connectivity index (χ3v) is 2.79. The van der Waals surface area contributed by atoms with E-state index in [1.165, 1.54) is 24.5 Å². The Bertz CT molecular complexity index is 691. The minimum atomic E-state index is -1.20. The van der Waals surface area contributed by atoms with Crippen LogP contribution in [0.3, 0.4) is 0 Å². The summed E-state index contributed by atoms with van der Waals surface area (Å²) in [7, 11) is 0. The number of carbonyl (C=O) groups is 2. The molecule has 1 aromatic heterocycles. The van der Waals surface area contributed by atoms with Gasteiger partial charge in [-0.3, -0.25) is 9.78 Å². The van der Waals surface area contributed by atoms with Crippen LogP contribution in [0.25, 0.3) is 0 Å². The number of amides is 1. The fourth-order valence-electron chi connectivity index (χ4n) is 1.54. The van der Waals surface area contributed by atoms with Crippen molar-refractivity contribution in [3.63, 3.8) is 0 Å². The van der Waals surface area contributed by atoms with E-state index in [9.17, 15) is 14.0 Å². The molecule has 2 N–H and O–H groups in total. The first-order valence-electron chi connectivity index (χ1n) is 5.42. The zero-order chi connectivity index (χ0) is 14.7. The lowest BCUT2D eigenvalue weighted by molar-refractivity contribution is 0.0698. The van der Waals surface area contributed by atoms with Crippen molar-refractivity contribution in [2.45, 2.75) is 0 Å². The van der Waals surface area contributed by atoms with Crippen LogP contribution < -0.4 is 5.32 Å². The van der Waals surface area contributed by atoms with E-state index in [2.05, 4.69) is 10.3 Å². The van der Waals surface area contributed by atoms with Gasteiger partial charge in [0.25, 0.3) is 5.91 Å². The predicted molar refractivity (Wildman–Crippen MR) is 70.6 cm³/mol. The van der Waals surface area contributed by atoms with Crippen molar-refractivity contribution in [1.29, 1.82) is 0 Å². The molecular weight excluding hydrogens is 287 g/mol. The van der Waals surface area contributed by atoms with E-state index in [-0.39, 0.29) is 21.8 Å². The van der Waals surface area contributed by atoms with Gasteiger partial charge in [-0.2, -0.15) is 0 Å². The molecule has 0 bridgehead atoms. The van der Waals surface area contributed by atoms with E-state index in [0.717, 1.165) is 12.1 Å². The molecule has 1 heterocycles. The van der Waals surface area contributed by atoms with Crippen molar-refractivity contribution in [1.82, 2.24) is 4.98 Å². The lowest BCUT2D eigenvalue weighted by Gasteiger charge is -2.08. The van der Waals surface area contributed by atoms with Gasteiger partial charge in [0.1, 0.15) is 5.82 Å². The minimum absolute atomic E-state index is 0.0328. The molecule has 0 spiro atoms. The summed E-state index contributed by atoms with van der Waals surface area (Å²) in [6, 6.07) is 4.55. The van der Waals surface area contributed by atoms with Gasteiger partial charge in [0.15, 0.2) is 0 Å². The van der Waals surface area contributed by atoms with Crippen LogP contribution in [-0.4, -0.2) is 22.0 Å². The molecule has 0 fully saturated rings. The number of hydrogen-bond acceptors (Lipinski definition) is 3. The Morgan fingerprint density at radius 2 is 2.00 bits per heavy atom. The lowest BCUT2D eigenvalue weighted by Crippen LogP contribution is -2.15. The Labute approximate surface area is 118 Å². The number of aromatic nitrogens is 1. The number of benzene rings is 1. The van der Waals surface area contributed by atoms with E-state index in [1.54, 1.807) is 0 Å². The summed E-state index contributed by atoms with van der Waals surface area (Å²) < 4.78 is 12.9. The third-order valence-electron chi connectivity index (χ3n) is 2.48. The largest absolute Gasteiger partial charge is 0.478 e. The number of anilines is 1. The lowest BCUT2D eigenvalue weighted by atomic mass is 10.2. The van der Waals surface area contributed by atoms with E-state index in [4.69, 9.17) is 16.7 Å². The molecule has 0 radical (unpaired) electrons. The number of nitrogens with one attached hydrogen (secondary N) is 1. The number of rotatable bonds is 3. The second kappa shape index (κ2) is 5.66. The van der Waals surface area contributed by atoms with Crippen molar-refractivity contribution in [2.24, 2.45) is 0 Å². The molecule has 0 aliphatic rings. The Morgan fingerprint density at radius 1 is 1.25 bits per heavy atom. The number of aromatic carboxylic acids is 1. The van der Waals surface area contributed by atoms with Crippen molar-refractivity contribution in [2.75, 3.05) is 5.32 Å². The van der Waals surface area contributed by atoms with Gasteiger partial charge in [-0.15, -0.1) is 0 Å². The molecule has 0 unspecified atom stereocenters. The summed E-state index contributed by atoms with van der Waals surface area (Å²) >= 11 is 5.76. The monoisotopic (exact) mass is 294 g/mol. The average molecular weight is 295 g/mol. The van der Waals surface area contributed by atoms with E-state index in [0.29, 0.717) is 0 Å². The van der Waals surface area contributed by atoms with Gasteiger partial charge in [-0.05, 0) is 24.3 Å². The SMILES string of the molecule is O=C(Nc1cnccc1C(=O)O)c1ccc(F)cc1Cl. The van der Waals surface area contributed by atoms with Crippen LogP contribution in [0.1, 0.15) is 20.7 Å². The number of carboxylic acids is 1. The van der Waals surface area contributed by atoms with Crippen molar-refractivity contribution in [3.05, 3.63) is 58.6 Å². The molecule has 0 atom stereocenters. The molecule has 20 heavy (non-hydrogen) atoms. The summed E-state index contributed by atoms with van der Waals surface area (Å²) in [5.41, 5.74) is -0.0368. The Balaban J connectivity index is 2.30. The van der Waals surface area contributed by atoms with Crippen LogP contribution in [-0.2, 0) is 0 Å². The van der Waals surface area contributed by atoms with Crippen molar-refractivity contribution < 1.29 is 19.1 Å². The molecular formula is C13H8ClFN2O3. The first kappa shape index (κ1) is 14.0. The van der Waals surface area contributed by atoms with Gasteiger partial charge in [0, 0.05) is 6.20 Å². The molecule has 0 saturated heterocycles. The number of pyridine rings is 1. The maximum absolute atomic E-state index is 12.9. The van der Waals surface area contributed by atoms with Gasteiger partial charge >= 0.3 is 5.97 Å². The molecule has 7 heteroatoms. The fourth-order valence-corrected chi connectivity index (χ4v) is 1.80. The van der Waals surface area contributed by atoms with Gasteiger partial charge < -0.3 is 10.4 Å². The minimum Gasteiger partial charge on any atom is -0.478 e. The molecule has 1 aromatic carbocycles. The van der Waals surface area contributed by atoms with Crippen molar-refractivity contribution >= 4 is 29.2 Å². The smallest absolute Gasteiger partial charge is 0.337 e. The van der Waals surface area contributed by atoms with Crippen LogP contribution in [0.2, 0.25) is 5.02 Å². The van der Waals surface area contributed by atoms with E-state index < -0.39 is 17.7 Å². The summed E-state index contributed by atoms with van der Waals surface area (Å²) in [4.78, 5) is 26.7. The zero-order valence-corrected chi connectivity index (χ0v) is 10.7. The van der Waals surface area contributed by atoms with Crippen LogP contribution >= 0.6 is 11.6 Å². The highest BCUT2D eigenvalue weighted by Crippen LogP contribution is 2.20. The molecule has 2 rings (SSSR count). The summed E-state index contributed by atoms with van der Waals surface area (Å²) in [5, 5.41) is 11.3.